The molecule has 0 aliphatic carbocycles. The highest BCUT2D eigenvalue weighted by atomic mass is 16.5. The number of amides is 3. The lowest BCUT2D eigenvalue weighted by atomic mass is 10.0. The van der Waals surface area contributed by atoms with Gasteiger partial charge in [0, 0.05) is 37.9 Å². The van der Waals surface area contributed by atoms with Crippen molar-refractivity contribution < 1.29 is 23.9 Å². The van der Waals surface area contributed by atoms with E-state index in [0.29, 0.717) is 50.5 Å². The SMILES string of the molecule is COC(=O)CCCC(=O)N1CCCC(=O)N[C@H](CC(C)C)C(=O)N[C@H](C)c2nc(-c3ccccc3)nn2CC1. The molecular formula is C28H40N6O5. The van der Waals surface area contributed by atoms with Gasteiger partial charge in [0.2, 0.25) is 17.7 Å². The van der Waals surface area contributed by atoms with Crippen molar-refractivity contribution in [3.63, 3.8) is 0 Å². The Kier molecular flexibility index (Phi) is 11.0. The minimum absolute atomic E-state index is 0.101. The van der Waals surface area contributed by atoms with E-state index >= 15 is 0 Å². The van der Waals surface area contributed by atoms with Gasteiger partial charge in [0.1, 0.15) is 11.9 Å². The Morgan fingerprint density at radius 2 is 1.82 bits per heavy atom. The van der Waals surface area contributed by atoms with Crippen LogP contribution in [0.15, 0.2) is 30.3 Å². The van der Waals surface area contributed by atoms with Gasteiger partial charge in [-0.25, -0.2) is 9.67 Å². The zero-order valence-electron chi connectivity index (χ0n) is 23.3. The van der Waals surface area contributed by atoms with Crippen molar-refractivity contribution in [1.82, 2.24) is 30.3 Å². The summed E-state index contributed by atoms with van der Waals surface area (Å²) < 4.78 is 6.42. The molecule has 39 heavy (non-hydrogen) atoms. The maximum Gasteiger partial charge on any atom is 0.305 e. The summed E-state index contributed by atoms with van der Waals surface area (Å²) >= 11 is 0. The van der Waals surface area contributed by atoms with Crippen LogP contribution in [0.5, 0.6) is 0 Å². The second kappa shape index (κ2) is 14.4. The Labute approximate surface area is 229 Å². The molecule has 0 saturated carbocycles. The number of methoxy groups -OCH3 is 1. The van der Waals surface area contributed by atoms with Crippen molar-refractivity contribution in [3.8, 4) is 11.4 Å². The van der Waals surface area contributed by atoms with Crippen molar-refractivity contribution >= 4 is 23.7 Å². The van der Waals surface area contributed by atoms with E-state index in [0.717, 1.165) is 5.56 Å². The maximum atomic E-state index is 13.2. The van der Waals surface area contributed by atoms with Crippen molar-refractivity contribution in [3.05, 3.63) is 36.2 Å². The molecular weight excluding hydrogens is 500 g/mol. The molecule has 0 radical (unpaired) electrons. The standard InChI is InChI=1S/C28H40N6O5/c1-19(2)18-22-28(38)29-20(3)27-31-26(21-10-6-5-7-11-21)32-34(27)17-16-33(15-9-12-23(35)30-22)24(36)13-8-14-25(37)39-4/h5-7,10-11,19-20,22H,8-9,12-18H2,1-4H3,(H,29,38)(H,30,35)/t20-,22-/m1/s1. The summed E-state index contributed by atoms with van der Waals surface area (Å²) in [7, 11) is 1.32. The van der Waals surface area contributed by atoms with Crippen molar-refractivity contribution in [2.75, 3.05) is 20.2 Å². The number of aromatic nitrogens is 3. The number of esters is 1. The van der Waals surface area contributed by atoms with Gasteiger partial charge in [-0.1, -0.05) is 44.2 Å². The molecule has 0 unspecified atom stereocenters. The third-order valence-electron chi connectivity index (χ3n) is 6.60. The normalized spacial score (nSPS) is 19.1. The van der Waals surface area contributed by atoms with Crippen LogP contribution in [0.25, 0.3) is 11.4 Å². The van der Waals surface area contributed by atoms with Crippen LogP contribution in [0.2, 0.25) is 0 Å². The van der Waals surface area contributed by atoms with E-state index in [-0.39, 0.29) is 48.9 Å². The molecule has 2 aromatic rings. The number of ether oxygens (including phenoxy) is 1. The van der Waals surface area contributed by atoms with E-state index in [4.69, 9.17) is 10.1 Å². The van der Waals surface area contributed by atoms with Gasteiger partial charge in [0.05, 0.1) is 19.7 Å². The molecule has 11 heteroatoms. The highest BCUT2D eigenvalue weighted by Crippen LogP contribution is 2.20. The quantitative estimate of drug-likeness (QED) is 0.515. The van der Waals surface area contributed by atoms with Crippen LogP contribution in [-0.2, 0) is 30.5 Å². The van der Waals surface area contributed by atoms with Crippen LogP contribution in [-0.4, -0.2) is 69.6 Å². The van der Waals surface area contributed by atoms with Crippen LogP contribution < -0.4 is 10.6 Å². The Morgan fingerprint density at radius 1 is 1.08 bits per heavy atom. The molecule has 1 aliphatic rings. The molecule has 0 fully saturated rings. The fourth-order valence-corrected chi connectivity index (χ4v) is 4.55. The number of hydrogen-bond donors (Lipinski definition) is 2. The van der Waals surface area contributed by atoms with Gasteiger partial charge in [-0.2, -0.15) is 5.10 Å². The number of rotatable bonds is 7. The zero-order valence-corrected chi connectivity index (χ0v) is 23.3. The first-order chi connectivity index (χ1) is 18.7. The van der Waals surface area contributed by atoms with E-state index < -0.39 is 12.1 Å². The largest absolute Gasteiger partial charge is 0.469 e. The number of carbonyl (C=O) groups is 4. The number of fused-ring (bicyclic) bond motifs is 1. The molecule has 3 amide bonds. The molecule has 0 saturated heterocycles. The summed E-state index contributed by atoms with van der Waals surface area (Å²) in [6.07, 6.45) is 1.88. The lowest BCUT2D eigenvalue weighted by Gasteiger charge is -2.26. The predicted molar refractivity (Wildman–Crippen MR) is 145 cm³/mol. The smallest absolute Gasteiger partial charge is 0.305 e. The van der Waals surface area contributed by atoms with Gasteiger partial charge in [0.15, 0.2) is 5.82 Å². The molecule has 3 rings (SSSR count). The molecule has 11 nitrogen and oxygen atoms in total. The summed E-state index contributed by atoms with van der Waals surface area (Å²) in [5.74, 6) is 0.337. The van der Waals surface area contributed by atoms with E-state index in [1.165, 1.54) is 7.11 Å². The van der Waals surface area contributed by atoms with Crippen LogP contribution in [0.3, 0.4) is 0 Å². The number of nitrogens with one attached hydrogen (secondary N) is 2. The van der Waals surface area contributed by atoms with Crippen LogP contribution in [0.1, 0.15) is 71.2 Å². The Hall–Kier alpha value is -3.76. The van der Waals surface area contributed by atoms with Crippen molar-refractivity contribution in [2.45, 2.75) is 77.9 Å². The molecule has 1 aliphatic heterocycles. The molecule has 1 aromatic carbocycles. The van der Waals surface area contributed by atoms with Crippen LogP contribution >= 0.6 is 0 Å². The lowest BCUT2D eigenvalue weighted by Crippen LogP contribution is -2.48. The molecule has 2 N–H and O–H groups in total. The summed E-state index contributed by atoms with van der Waals surface area (Å²) in [5, 5.41) is 10.6. The first-order valence-electron chi connectivity index (χ1n) is 13.6. The van der Waals surface area contributed by atoms with Gasteiger partial charge in [-0.15, -0.1) is 0 Å². The fraction of sp³-hybridized carbons (Fsp3) is 0.571. The number of hydrogen-bond acceptors (Lipinski definition) is 7. The van der Waals surface area contributed by atoms with Gasteiger partial charge in [0.25, 0.3) is 0 Å². The van der Waals surface area contributed by atoms with E-state index in [9.17, 15) is 19.2 Å². The minimum Gasteiger partial charge on any atom is -0.469 e. The number of nitrogens with zero attached hydrogens (tertiary/aromatic N) is 4. The second-order valence-corrected chi connectivity index (χ2v) is 10.3. The summed E-state index contributed by atoms with van der Waals surface area (Å²) in [6, 6.07) is 8.40. The Bertz CT molecular complexity index is 1130. The zero-order chi connectivity index (χ0) is 28.4. The highest BCUT2D eigenvalue weighted by Gasteiger charge is 2.27. The van der Waals surface area contributed by atoms with Crippen molar-refractivity contribution in [2.24, 2.45) is 5.92 Å². The number of carbonyl (C=O) groups excluding carboxylic acids is 4. The highest BCUT2D eigenvalue weighted by molar-refractivity contribution is 5.87. The third-order valence-corrected chi connectivity index (χ3v) is 6.60. The van der Waals surface area contributed by atoms with Crippen LogP contribution in [0.4, 0.5) is 0 Å². The summed E-state index contributed by atoms with van der Waals surface area (Å²) in [6.45, 7) is 6.92. The minimum atomic E-state index is -0.677. The molecule has 1 aromatic heterocycles. The fourth-order valence-electron chi connectivity index (χ4n) is 4.55. The summed E-state index contributed by atoms with van der Waals surface area (Å²) in [5.41, 5.74) is 0.842. The van der Waals surface area contributed by atoms with Gasteiger partial charge >= 0.3 is 5.97 Å². The Morgan fingerprint density at radius 3 is 2.51 bits per heavy atom. The average Bonchev–Trinajstić information content (AvgIpc) is 3.34. The Balaban J connectivity index is 1.89. The predicted octanol–water partition coefficient (Wildman–Crippen LogP) is 2.62. The molecule has 212 valence electrons. The molecule has 2 atom stereocenters. The summed E-state index contributed by atoms with van der Waals surface area (Å²) in [4.78, 5) is 56.9. The van der Waals surface area contributed by atoms with Gasteiger partial charge in [-0.3, -0.25) is 19.2 Å². The first kappa shape index (κ1) is 29.8. The number of benzene rings is 1. The molecule has 0 bridgehead atoms. The third kappa shape index (κ3) is 8.90. The first-order valence-corrected chi connectivity index (χ1v) is 13.6. The van der Waals surface area contributed by atoms with Gasteiger partial charge in [-0.05, 0) is 32.1 Å². The van der Waals surface area contributed by atoms with E-state index in [1.54, 1.807) is 9.58 Å². The van der Waals surface area contributed by atoms with Crippen LogP contribution in [0, 0.1) is 5.92 Å². The monoisotopic (exact) mass is 540 g/mol. The van der Waals surface area contributed by atoms with Crippen molar-refractivity contribution in [1.29, 1.82) is 0 Å². The topological polar surface area (TPSA) is 136 Å². The molecule has 2 heterocycles. The maximum absolute atomic E-state index is 13.2. The van der Waals surface area contributed by atoms with E-state index in [2.05, 4.69) is 15.4 Å². The second-order valence-electron chi connectivity index (χ2n) is 10.3. The molecule has 0 spiro atoms. The average molecular weight is 541 g/mol. The lowest BCUT2D eigenvalue weighted by molar-refractivity contribution is -0.141. The van der Waals surface area contributed by atoms with Gasteiger partial charge < -0.3 is 20.3 Å². The van der Waals surface area contributed by atoms with E-state index in [1.807, 2.05) is 51.1 Å².